The minimum Gasteiger partial charge on any atom is -0.416 e. The van der Waals surface area contributed by atoms with Crippen molar-refractivity contribution in [3.63, 3.8) is 0 Å². The number of rotatable bonds is 8. The molecule has 1 aromatic heterocycles. The first kappa shape index (κ1) is 29.0. The average molecular weight is 550 g/mol. The first-order valence-electron chi connectivity index (χ1n) is 13.2. The molecular formula is C30H34BN6O2Si. The second-order valence-corrected chi connectivity index (χ2v) is 16.9. The topological polar surface area (TPSA) is 115 Å². The lowest BCUT2D eigenvalue weighted by atomic mass is 9.83. The fourth-order valence-electron chi connectivity index (χ4n) is 4.58. The Balaban J connectivity index is 1.76. The van der Waals surface area contributed by atoms with Crippen LogP contribution in [0, 0.1) is 29.6 Å². The zero-order valence-electron chi connectivity index (χ0n) is 24.2. The molecule has 1 aliphatic heterocycles. The number of hydrogen-bond donors (Lipinski definition) is 1. The molecule has 0 fully saturated rings. The summed E-state index contributed by atoms with van der Waals surface area (Å²) in [5, 5.41) is 22.7. The van der Waals surface area contributed by atoms with Crippen molar-refractivity contribution in [1.82, 2.24) is 9.97 Å². The van der Waals surface area contributed by atoms with Gasteiger partial charge in [-0.2, -0.15) is 10.5 Å². The molecule has 0 unspecified atom stereocenters. The van der Waals surface area contributed by atoms with Gasteiger partial charge < -0.3 is 19.3 Å². The fraction of sp³-hybridized carbons (Fsp3) is 0.367. The average Bonchev–Trinajstić information content (AvgIpc) is 3.20. The quantitative estimate of drug-likeness (QED) is 0.275. The van der Waals surface area contributed by atoms with Gasteiger partial charge in [-0.05, 0) is 66.5 Å². The van der Waals surface area contributed by atoms with Crippen LogP contribution in [0.25, 0.3) is 11.3 Å². The molecule has 10 heteroatoms. The van der Waals surface area contributed by atoms with Crippen LogP contribution in [0.2, 0.25) is 18.1 Å². The molecule has 40 heavy (non-hydrogen) atoms. The Labute approximate surface area is 238 Å². The van der Waals surface area contributed by atoms with E-state index in [1.165, 1.54) is 7.41 Å². The van der Waals surface area contributed by atoms with E-state index in [2.05, 4.69) is 69.3 Å². The number of aryl methyl sites for hydroxylation is 1. The van der Waals surface area contributed by atoms with Crippen LogP contribution in [-0.4, -0.2) is 45.0 Å². The molecule has 1 atom stereocenters. The van der Waals surface area contributed by atoms with Crippen molar-refractivity contribution in [3.05, 3.63) is 64.8 Å². The number of anilines is 3. The monoisotopic (exact) mass is 549 g/mol. The normalized spacial score (nSPS) is 16.6. The molecule has 203 valence electrons. The number of carbonyl (C=O) groups is 1. The van der Waals surface area contributed by atoms with Gasteiger partial charge in [-0.15, -0.1) is 0 Å². The lowest BCUT2D eigenvalue weighted by molar-refractivity contribution is 0.219. The second kappa shape index (κ2) is 10.9. The molecule has 4 rings (SSSR count). The van der Waals surface area contributed by atoms with Gasteiger partial charge in [0.1, 0.15) is 12.3 Å². The van der Waals surface area contributed by atoms with Crippen molar-refractivity contribution < 1.29 is 9.22 Å². The highest BCUT2D eigenvalue weighted by Crippen LogP contribution is 2.46. The van der Waals surface area contributed by atoms with E-state index in [1.807, 2.05) is 17.8 Å². The summed E-state index contributed by atoms with van der Waals surface area (Å²) in [7, 11) is -0.562. The van der Waals surface area contributed by atoms with E-state index >= 15 is 0 Å². The van der Waals surface area contributed by atoms with Gasteiger partial charge in [0, 0.05) is 41.7 Å². The number of nitrogens with one attached hydrogen (secondary N) is 1. The van der Waals surface area contributed by atoms with Gasteiger partial charge in [0.2, 0.25) is 5.95 Å². The maximum atomic E-state index is 11.5. The maximum Gasteiger partial charge on any atom is 0.329 e. The summed E-state index contributed by atoms with van der Waals surface area (Å²) >= 11 is 0. The van der Waals surface area contributed by atoms with Crippen LogP contribution in [0.3, 0.4) is 0 Å². The molecule has 0 saturated heterocycles. The number of nitrogens with zero attached hydrogens (tertiary/aromatic N) is 5. The minimum absolute atomic E-state index is 0.0501. The summed E-state index contributed by atoms with van der Waals surface area (Å²) in [4.78, 5) is 22.5. The molecule has 0 saturated carbocycles. The van der Waals surface area contributed by atoms with Crippen LogP contribution in [0.1, 0.15) is 49.9 Å². The largest absolute Gasteiger partial charge is 0.416 e. The van der Waals surface area contributed by atoms with Crippen LogP contribution < -0.4 is 10.1 Å². The first-order valence-corrected chi connectivity index (χ1v) is 16.1. The standard InChI is InChI=1S/C30H34BN6O2Si/c1-20-8-9-21(15-32)12-26(20)36-28-34-11-10-25(35-28)22-13-23(16-33)27-24(14-22)30(5,17-37(27)31-19-38)18-39-40(6,7)29(2,3)4/h8-14,19H,17-18H2,1-7H3,(H,34,35,36)/t30-/m0/s1. The van der Waals surface area contributed by atoms with E-state index in [0.717, 1.165) is 34.3 Å². The van der Waals surface area contributed by atoms with Crippen molar-refractivity contribution in [3.8, 4) is 23.4 Å². The Morgan fingerprint density at radius 1 is 1.20 bits per heavy atom. The Hall–Kier alpha value is -3.99. The molecule has 1 radical (unpaired) electrons. The summed E-state index contributed by atoms with van der Waals surface area (Å²) in [5.41, 5.74) is 5.37. The summed E-state index contributed by atoms with van der Waals surface area (Å²) in [6, 6.07) is 15.6. The van der Waals surface area contributed by atoms with Gasteiger partial charge in [0.15, 0.2) is 8.32 Å². The summed E-state index contributed by atoms with van der Waals surface area (Å²) in [6.45, 7) is 16.1. The fourth-order valence-corrected chi connectivity index (χ4v) is 5.70. The van der Waals surface area contributed by atoms with Crippen LogP contribution in [0.4, 0.5) is 17.3 Å². The Bertz CT molecular complexity index is 1540. The van der Waals surface area contributed by atoms with Gasteiger partial charge in [-0.1, -0.05) is 33.8 Å². The molecule has 2 heterocycles. The molecule has 0 amide bonds. The summed E-state index contributed by atoms with van der Waals surface area (Å²) in [5.74, 6) is 0.384. The van der Waals surface area contributed by atoms with Crippen molar-refractivity contribution in [2.75, 3.05) is 23.3 Å². The highest BCUT2D eigenvalue weighted by molar-refractivity contribution is 6.74. The summed E-state index contributed by atoms with van der Waals surface area (Å²) < 4.78 is 6.67. The van der Waals surface area contributed by atoms with E-state index in [4.69, 9.17) is 9.41 Å². The molecule has 1 aliphatic rings. The zero-order chi connectivity index (χ0) is 29.3. The van der Waals surface area contributed by atoms with Gasteiger partial charge in [-0.3, -0.25) is 0 Å². The van der Waals surface area contributed by atoms with Crippen LogP contribution in [0.5, 0.6) is 0 Å². The highest BCUT2D eigenvalue weighted by atomic mass is 28.4. The lowest BCUT2D eigenvalue weighted by Gasteiger charge is -2.39. The smallest absolute Gasteiger partial charge is 0.329 e. The second-order valence-electron chi connectivity index (χ2n) is 12.1. The number of nitriles is 2. The molecule has 0 bridgehead atoms. The number of carbonyl (C=O) groups excluding carboxylic acids is 1. The molecular weight excluding hydrogens is 515 g/mol. The molecule has 1 N–H and O–H groups in total. The van der Waals surface area contributed by atoms with Gasteiger partial charge in [-0.25, -0.2) is 9.97 Å². The van der Waals surface area contributed by atoms with Crippen molar-refractivity contribution in [1.29, 1.82) is 10.5 Å². The molecule has 0 aliphatic carbocycles. The van der Waals surface area contributed by atoms with E-state index in [1.54, 1.807) is 30.5 Å². The zero-order valence-corrected chi connectivity index (χ0v) is 25.2. The lowest BCUT2D eigenvalue weighted by Crippen LogP contribution is -2.46. The number of hydrogen-bond acceptors (Lipinski definition) is 8. The van der Waals surface area contributed by atoms with E-state index in [0.29, 0.717) is 35.9 Å². The van der Waals surface area contributed by atoms with Gasteiger partial charge >= 0.3 is 7.41 Å². The van der Waals surface area contributed by atoms with Crippen LogP contribution >= 0.6 is 0 Å². The number of aromatic nitrogens is 2. The van der Waals surface area contributed by atoms with E-state index < -0.39 is 13.7 Å². The van der Waals surface area contributed by atoms with Gasteiger partial charge in [0.05, 0.1) is 22.9 Å². The third-order valence-electron chi connectivity index (χ3n) is 8.05. The van der Waals surface area contributed by atoms with Gasteiger partial charge in [0.25, 0.3) is 0 Å². The minimum atomic E-state index is -2.05. The third kappa shape index (κ3) is 5.65. The highest BCUT2D eigenvalue weighted by Gasteiger charge is 2.44. The predicted octanol–water partition coefficient (Wildman–Crippen LogP) is 5.85. The van der Waals surface area contributed by atoms with Crippen LogP contribution in [-0.2, 0) is 14.6 Å². The Morgan fingerprint density at radius 3 is 2.60 bits per heavy atom. The van der Waals surface area contributed by atoms with Crippen molar-refractivity contribution >= 4 is 39.2 Å². The van der Waals surface area contributed by atoms with Crippen molar-refractivity contribution in [2.45, 2.75) is 58.2 Å². The Morgan fingerprint density at radius 2 is 1.95 bits per heavy atom. The van der Waals surface area contributed by atoms with Crippen molar-refractivity contribution in [2.24, 2.45) is 0 Å². The number of benzene rings is 2. The molecule has 0 spiro atoms. The predicted molar refractivity (Wildman–Crippen MR) is 162 cm³/mol. The first-order chi connectivity index (χ1) is 18.8. The number of fused-ring (bicyclic) bond motifs is 1. The third-order valence-corrected chi connectivity index (χ3v) is 12.5. The SMILES string of the molecule is Cc1ccc(C#N)cc1Nc1nccc(-c2cc(C#N)c3c(c2)[C@](C)(CO[Si](C)(C)C(C)(C)C)CN3[B]C=O)n1. The molecule has 2 aromatic carbocycles. The van der Waals surface area contributed by atoms with E-state index in [-0.39, 0.29) is 5.04 Å². The molecule has 3 aromatic rings. The Kier molecular flexibility index (Phi) is 7.89. The maximum absolute atomic E-state index is 11.5. The molecule has 8 nitrogen and oxygen atoms in total. The van der Waals surface area contributed by atoms with Crippen LogP contribution in [0.15, 0.2) is 42.6 Å². The summed E-state index contributed by atoms with van der Waals surface area (Å²) in [6.07, 6.45) is 2.42. The van der Waals surface area contributed by atoms with E-state index in [9.17, 15) is 15.3 Å².